The summed E-state index contributed by atoms with van der Waals surface area (Å²) in [6.07, 6.45) is 10.1. The number of anilines is 3. The van der Waals surface area contributed by atoms with E-state index in [0.717, 1.165) is 65.3 Å². The number of benzene rings is 1. The van der Waals surface area contributed by atoms with Crippen LogP contribution >= 0.6 is 0 Å². The maximum Gasteiger partial charge on any atom is 0.229 e. The van der Waals surface area contributed by atoms with Gasteiger partial charge in [-0.25, -0.2) is 9.97 Å². The van der Waals surface area contributed by atoms with Crippen molar-refractivity contribution in [3.8, 4) is 34.4 Å². The Hall–Kier alpha value is -5.00. The standard InChI is InChI=1S/C32H28N6O2/c39-27-14-12-24(13-15-27)36-31-28(29-4-1-2-17-34-29)21-35-32(38-31)37-25-9-6-22(7-10-25)8-11-26-20-23(16-18-33-26)30-5-3-19-40-30/h1-7,9-10,16-21,24,27,39H,12-15H2,(H2,35,36,37,38)/t24-,27-. The summed E-state index contributed by atoms with van der Waals surface area (Å²) in [6, 6.07) is 21.4. The van der Waals surface area contributed by atoms with Crippen LogP contribution in [0.5, 0.6) is 0 Å². The number of nitrogens with one attached hydrogen (secondary N) is 2. The fourth-order valence-electron chi connectivity index (χ4n) is 4.67. The highest BCUT2D eigenvalue weighted by Crippen LogP contribution is 2.29. The first-order chi connectivity index (χ1) is 19.7. The molecule has 0 unspecified atom stereocenters. The Morgan fingerprint density at radius 2 is 1.73 bits per heavy atom. The van der Waals surface area contributed by atoms with Gasteiger partial charge < -0.3 is 20.2 Å². The number of nitrogens with zero attached hydrogens (tertiary/aromatic N) is 4. The minimum Gasteiger partial charge on any atom is -0.464 e. The lowest BCUT2D eigenvalue weighted by Crippen LogP contribution is -2.29. The molecule has 40 heavy (non-hydrogen) atoms. The Kier molecular flexibility index (Phi) is 7.46. The zero-order valence-corrected chi connectivity index (χ0v) is 21.8. The van der Waals surface area contributed by atoms with Crippen LogP contribution in [0.4, 0.5) is 17.5 Å². The average Bonchev–Trinajstić information content (AvgIpc) is 3.54. The van der Waals surface area contributed by atoms with Crippen LogP contribution in [0.25, 0.3) is 22.6 Å². The second-order valence-corrected chi connectivity index (χ2v) is 9.68. The molecular weight excluding hydrogens is 500 g/mol. The van der Waals surface area contributed by atoms with Gasteiger partial charge in [0.2, 0.25) is 5.95 Å². The highest BCUT2D eigenvalue weighted by atomic mass is 16.3. The highest BCUT2D eigenvalue weighted by Gasteiger charge is 2.21. The molecule has 4 aromatic heterocycles. The predicted molar refractivity (Wildman–Crippen MR) is 155 cm³/mol. The quantitative estimate of drug-likeness (QED) is 0.229. The van der Waals surface area contributed by atoms with Gasteiger partial charge in [-0.1, -0.05) is 12.0 Å². The van der Waals surface area contributed by atoms with E-state index in [9.17, 15) is 5.11 Å². The predicted octanol–water partition coefficient (Wildman–Crippen LogP) is 6.05. The third-order valence-corrected chi connectivity index (χ3v) is 6.81. The molecule has 5 aromatic rings. The molecule has 0 aliphatic heterocycles. The second-order valence-electron chi connectivity index (χ2n) is 9.68. The van der Waals surface area contributed by atoms with Crippen molar-refractivity contribution in [2.75, 3.05) is 10.6 Å². The lowest BCUT2D eigenvalue weighted by atomic mass is 9.93. The molecule has 1 aromatic carbocycles. The van der Waals surface area contributed by atoms with Gasteiger partial charge in [0, 0.05) is 41.4 Å². The maximum absolute atomic E-state index is 9.90. The second kappa shape index (κ2) is 11.8. The Balaban J connectivity index is 1.18. The van der Waals surface area contributed by atoms with Gasteiger partial charge in [-0.05, 0) is 92.3 Å². The molecule has 1 saturated carbocycles. The van der Waals surface area contributed by atoms with Crippen molar-refractivity contribution in [1.29, 1.82) is 0 Å². The Morgan fingerprint density at radius 1 is 0.850 bits per heavy atom. The van der Waals surface area contributed by atoms with E-state index >= 15 is 0 Å². The van der Waals surface area contributed by atoms with Crippen LogP contribution in [0.2, 0.25) is 0 Å². The van der Waals surface area contributed by atoms with Gasteiger partial charge in [-0.2, -0.15) is 4.98 Å². The molecule has 198 valence electrons. The smallest absolute Gasteiger partial charge is 0.229 e. The number of pyridine rings is 2. The minimum atomic E-state index is -0.216. The summed E-state index contributed by atoms with van der Waals surface area (Å²) in [5.41, 5.74) is 4.97. The molecule has 8 nitrogen and oxygen atoms in total. The van der Waals surface area contributed by atoms with Crippen molar-refractivity contribution in [2.24, 2.45) is 0 Å². The van der Waals surface area contributed by atoms with Crippen molar-refractivity contribution >= 4 is 17.5 Å². The molecule has 4 heterocycles. The Bertz CT molecular complexity index is 1620. The van der Waals surface area contributed by atoms with Crippen LogP contribution in [0, 0.1) is 11.8 Å². The van der Waals surface area contributed by atoms with Crippen molar-refractivity contribution in [2.45, 2.75) is 37.8 Å². The summed E-state index contributed by atoms with van der Waals surface area (Å²) in [5.74, 6) is 8.29. The van der Waals surface area contributed by atoms with Gasteiger partial charge in [0.1, 0.15) is 17.3 Å². The summed E-state index contributed by atoms with van der Waals surface area (Å²) in [7, 11) is 0. The molecule has 0 bridgehead atoms. The zero-order chi connectivity index (χ0) is 27.1. The van der Waals surface area contributed by atoms with E-state index in [-0.39, 0.29) is 12.1 Å². The summed E-state index contributed by atoms with van der Waals surface area (Å²) in [6.45, 7) is 0. The van der Waals surface area contributed by atoms with Gasteiger partial charge >= 0.3 is 0 Å². The first-order valence-electron chi connectivity index (χ1n) is 13.3. The lowest BCUT2D eigenvalue weighted by Gasteiger charge is -2.27. The number of aliphatic hydroxyl groups excluding tert-OH is 1. The van der Waals surface area contributed by atoms with Gasteiger partial charge in [0.25, 0.3) is 0 Å². The molecule has 1 aliphatic carbocycles. The number of aromatic nitrogens is 4. The van der Waals surface area contributed by atoms with E-state index in [1.54, 1.807) is 24.9 Å². The number of hydrogen-bond donors (Lipinski definition) is 3. The van der Waals surface area contributed by atoms with Gasteiger partial charge in [-0.3, -0.25) is 4.98 Å². The molecule has 0 radical (unpaired) electrons. The monoisotopic (exact) mass is 528 g/mol. The third kappa shape index (κ3) is 6.17. The average molecular weight is 529 g/mol. The molecule has 0 spiro atoms. The molecule has 0 atom stereocenters. The number of aliphatic hydroxyl groups is 1. The number of hydrogen-bond acceptors (Lipinski definition) is 8. The molecule has 3 N–H and O–H groups in total. The fraction of sp³-hybridized carbons (Fsp3) is 0.188. The number of rotatable bonds is 6. The summed E-state index contributed by atoms with van der Waals surface area (Å²) < 4.78 is 5.47. The van der Waals surface area contributed by atoms with Crippen LogP contribution < -0.4 is 10.6 Å². The topological polar surface area (TPSA) is 109 Å². The molecular formula is C32H28N6O2. The maximum atomic E-state index is 9.90. The summed E-state index contributed by atoms with van der Waals surface area (Å²) >= 11 is 0. The fourth-order valence-corrected chi connectivity index (χ4v) is 4.67. The van der Waals surface area contributed by atoms with Crippen molar-refractivity contribution in [1.82, 2.24) is 19.9 Å². The van der Waals surface area contributed by atoms with Crippen LogP contribution in [-0.2, 0) is 0 Å². The Labute approximate surface area is 232 Å². The molecule has 0 saturated heterocycles. The molecule has 1 aliphatic rings. The SMILES string of the molecule is O[C@H]1CC[C@H](Nc2nc(Nc3ccc(C#Cc4cc(-c5ccco5)ccn4)cc3)ncc2-c2ccccn2)CC1. The molecule has 1 fully saturated rings. The van der Waals surface area contributed by atoms with Crippen molar-refractivity contribution in [3.05, 3.63) is 103 Å². The van der Waals surface area contributed by atoms with Gasteiger partial charge in [0.05, 0.1) is 23.6 Å². The third-order valence-electron chi connectivity index (χ3n) is 6.81. The normalized spacial score (nSPS) is 16.5. The van der Waals surface area contributed by atoms with Crippen LogP contribution in [0.1, 0.15) is 36.9 Å². The minimum absolute atomic E-state index is 0.216. The van der Waals surface area contributed by atoms with Crippen molar-refractivity contribution in [3.63, 3.8) is 0 Å². The van der Waals surface area contributed by atoms with E-state index in [4.69, 9.17) is 9.40 Å². The molecule has 8 heteroatoms. The lowest BCUT2D eigenvalue weighted by molar-refractivity contribution is 0.126. The largest absolute Gasteiger partial charge is 0.464 e. The first-order valence-corrected chi connectivity index (χ1v) is 13.3. The van der Waals surface area contributed by atoms with E-state index < -0.39 is 0 Å². The van der Waals surface area contributed by atoms with Crippen LogP contribution in [-0.4, -0.2) is 37.2 Å². The molecule has 0 amide bonds. The van der Waals surface area contributed by atoms with Crippen molar-refractivity contribution < 1.29 is 9.52 Å². The number of furan rings is 1. The zero-order valence-electron chi connectivity index (χ0n) is 21.8. The van der Waals surface area contributed by atoms with E-state index in [1.165, 1.54) is 0 Å². The Morgan fingerprint density at radius 3 is 2.50 bits per heavy atom. The first kappa shape index (κ1) is 25.3. The molecule has 6 rings (SSSR count). The summed E-state index contributed by atoms with van der Waals surface area (Å²) in [5, 5.41) is 16.8. The summed E-state index contributed by atoms with van der Waals surface area (Å²) in [4.78, 5) is 18.2. The van der Waals surface area contributed by atoms with Crippen LogP contribution in [0.15, 0.2) is 96.0 Å². The van der Waals surface area contributed by atoms with Gasteiger partial charge in [0.15, 0.2) is 0 Å². The van der Waals surface area contributed by atoms with E-state index in [1.807, 2.05) is 66.7 Å². The van der Waals surface area contributed by atoms with Gasteiger partial charge in [-0.15, -0.1) is 0 Å². The van der Waals surface area contributed by atoms with Crippen LogP contribution in [0.3, 0.4) is 0 Å². The van der Waals surface area contributed by atoms with E-state index in [0.29, 0.717) is 11.6 Å². The highest BCUT2D eigenvalue weighted by molar-refractivity contribution is 5.73. The van der Waals surface area contributed by atoms with E-state index in [2.05, 4.69) is 37.4 Å².